The number of ether oxygens (including phenoxy) is 2. The zero-order chi connectivity index (χ0) is 24.5. The molecule has 0 bridgehead atoms. The highest BCUT2D eigenvalue weighted by molar-refractivity contribution is 6.04. The molecule has 0 fully saturated rings. The molecule has 2 N–H and O–H groups in total. The second-order valence-electron chi connectivity index (χ2n) is 8.36. The molecule has 0 spiro atoms. The van der Waals surface area contributed by atoms with Crippen LogP contribution in [0, 0.1) is 6.92 Å². The first-order chi connectivity index (χ1) is 16.9. The molecule has 2 aromatic carbocycles. The number of carbonyl (C=O) groups excluding carboxylic acids is 1. The number of carboxylic acids is 1. The Morgan fingerprint density at radius 1 is 1.23 bits per heavy atom. The molecule has 1 amide bonds. The van der Waals surface area contributed by atoms with Gasteiger partial charge in [0.05, 0.1) is 36.0 Å². The third-order valence-electron chi connectivity index (χ3n) is 5.88. The van der Waals surface area contributed by atoms with Gasteiger partial charge in [0.2, 0.25) is 5.95 Å². The van der Waals surface area contributed by atoms with Crippen molar-refractivity contribution in [3.05, 3.63) is 71.0 Å². The van der Waals surface area contributed by atoms with Crippen molar-refractivity contribution >= 4 is 28.9 Å². The third-order valence-corrected chi connectivity index (χ3v) is 5.88. The van der Waals surface area contributed by atoms with Crippen LogP contribution in [0.2, 0.25) is 0 Å². The van der Waals surface area contributed by atoms with Crippen LogP contribution in [0.5, 0.6) is 5.75 Å². The predicted molar refractivity (Wildman–Crippen MR) is 128 cm³/mol. The van der Waals surface area contributed by atoms with Gasteiger partial charge in [-0.1, -0.05) is 30.3 Å². The van der Waals surface area contributed by atoms with E-state index in [-0.39, 0.29) is 24.1 Å². The van der Waals surface area contributed by atoms with E-state index in [2.05, 4.69) is 15.4 Å². The lowest BCUT2D eigenvalue weighted by molar-refractivity contribution is 0.0680. The van der Waals surface area contributed by atoms with E-state index in [4.69, 9.17) is 9.47 Å². The molecule has 0 saturated heterocycles. The van der Waals surface area contributed by atoms with Crippen molar-refractivity contribution in [3.63, 3.8) is 0 Å². The van der Waals surface area contributed by atoms with Crippen LogP contribution in [0.15, 0.2) is 48.5 Å². The van der Waals surface area contributed by atoms with Gasteiger partial charge in [-0.05, 0) is 37.6 Å². The van der Waals surface area contributed by atoms with Crippen molar-refractivity contribution in [1.29, 1.82) is 0 Å². The summed E-state index contributed by atoms with van der Waals surface area (Å²) < 4.78 is 15.4. The second kappa shape index (κ2) is 9.22. The monoisotopic (exact) mass is 475 g/mol. The minimum atomic E-state index is -1.08. The molecule has 2 aromatic heterocycles. The number of rotatable bonds is 8. The summed E-state index contributed by atoms with van der Waals surface area (Å²) in [7, 11) is 0. The van der Waals surface area contributed by atoms with Gasteiger partial charge < -0.3 is 14.6 Å². The number of aromatic carboxylic acids is 1. The normalized spacial score (nSPS) is 14.6. The molecular formula is C25H25N5O5. The minimum Gasteiger partial charge on any atom is -0.489 e. The number of hydrogen-bond acceptors (Lipinski definition) is 6. The van der Waals surface area contributed by atoms with Crippen molar-refractivity contribution in [3.8, 4) is 5.75 Å². The maximum Gasteiger partial charge on any atom is 0.335 e. The first-order valence-electron chi connectivity index (χ1n) is 11.3. The first-order valence-corrected chi connectivity index (χ1v) is 11.3. The minimum absolute atomic E-state index is 0.0634. The lowest BCUT2D eigenvalue weighted by atomic mass is 10.1. The summed E-state index contributed by atoms with van der Waals surface area (Å²) in [6.07, 6.45) is 0. The number of hydrogen-bond donors (Lipinski definition) is 2. The molecule has 0 aliphatic carbocycles. The van der Waals surface area contributed by atoms with Crippen molar-refractivity contribution in [1.82, 2.24) is 19.3 Å². The van der Waals surface area contributed by atoms with Gasteiger partial charge in [0.15, 0.2) is 0 Å². The lowest BCUT2D eigenvalue weighted by Gasteiger charge is -2.27. The van der Waals surface area contributed by atoms with Gasteiger partial charge >= 0.3 is 5.97 Å². The standard InChI is InChI=1S/C25H25N5O5/c1-3-29-20(9-15(2)28-29)23(31)27-25-26-19-10-17(24(32)33)11-21-22(19)30(25)18(14-35-21)13-34-12-16-7-5-4-6-8-16/h4-11,18H,3,12-14H2,1-2H3,(H,32,33)(H,26,27,31). The summed E-state index contributed by atoms with van der Waals surface area (Å²) in [5, 5.41) is 16.7. The van der Waals surface area contributed by atoms with Gasteiger partial charge in [0.1, 0.15) is 23.6 Å². The molecule has 35 heavy (non-hydrogen) atoms. The van der Waals surface area contributed by atoms with Gasteiger partial charge in [-0.3, -0.25) is 19.4 Å². The smallest absolute Gasteiger partial charge is 0.335 e. The van der Waals surface area contributed by atoms with E-state index in [9.17, 15) is 14.7 Å². The maximum atomic E-state index is 13.2. The summed E-state index contributed by atoms with van der Waals surface area (Å²) in [5.74, 6) is -0.731. The number of carboxylic acid groups (broad SMARTS) is 1. The van der Waals surface area contributed by atoms with E-state index in [0.717, 1.165) is 11.3 Å². The molecule has 10 heteroatoms. The van der Waals surface area contributed by atoms with Crippen molar-refractivity contribution in [2.45, 2.75) is 33.0 Å². The Hall–Kier alpha value is -4.18. The van der Waals surface area contributed by atoms with Crippen LogP contribution < -0.4 is 10.1 Å². The second-order valence-corrected chi connectivity index (χ2v) is 8.36. The number of imidazole rings is 1. The Morgan fingerprint density at radius 2 is 2.03 bits per heavy atom. The zero-order valence-corrected chi connectivity index (χ0v) is 19.4. The largest absolute Gasteiger partial charge is 0.489 e. The summed E-state index contributed by atoms with van der Waals surface area (Å²) in [4.78, 5) is 29.3. The van der Waals surface area contributed by atoms with Gasteiger partial charge in [-0.15, -0.1) is 0 Å². The highest BCUT2D eigenvalue weighted by Gasteiger charge is 2.30. The molecule has 0 saturated carbocycles. The van der Waals surface area contributed by atoms with Crippen LogP contribution in [0.3, 0.4) is 0 Å². The number of aromatic nitrogens is 4. The van der Waals surface area contributed by atoms with Gasteiger partial charge in [0, 0.05) is 6.54 Å². The quantitative estimate of drug-likeness (QED) is 0.399. The Kier molecular flexibility index (Phi) is 5.96. The molecule has 5 rings (SSSR count). The van der Waals surface area contributed by atoms with Crippen LogP contribution in [-0.2, 0) is 17.9 Å². The highest BCUT2D eigenvalue weighted by Crippen LogP contribution is 2.37. The molecule has 0 radical (unpaired) electrons. The molecule has 4 aromatic rings. The molecule has 1 aliphatic heterocycles. The van der Waals surface area contributed by atoms with Gasteiger partial charge in [-0.25, -0.2) is 9.78 Å². The van der Waals surface area contributed by atoms with Crippen LogP contribution >= 0.6 is 0 Å². The number of amides is 1. The average molecular weight is 476 g/mol. The fourth-order valence-corrected chi connectivity index (χ4v) is 4.28. The summed E-state index contributed by atoms with van der Waals surface area (Å²) >= 11 is 0. The summed E-state index contributed by atoms with van der Waals surface area (Å²) in [6, 6.07) is 14.2. The lowest BCUT2D eigenvalue weighted by Crippen LogP contribution is -2.29. The Bertz CT molecular complexity index is 1410. The number of anilines is 1. The molecule has 1 atom stereocenters. The van der Waals surface area contributed by atoms with Crippen LogP contribution in [0.4, 0.5) is 5.95 Å². The maximum absolute atomic E-state index is 13.2. The number of nitrogens with zero attached hydrogens (tertiary/aromatic N) is 4. The first kappa shape index (κ1) is 22.6. The molecule has 1 aliphatic rings. The highest BCUT2D eigenvalue weighted by atomic mass is 16.5. The van der Waals surface area contributed by atoms with E-state index < -0.39 is 5.97 Å². The fraction of sp³-hybridized carbons (Fsp3) is 0.280. The number of benzene rings is 2. The predicted octanol–water partition coefficient (Wildman–Crippen LogP) is 3.66. The van der Waals surface area contributed by atoms with E-state index in [1.807, 2.05) is 48.7 Å². The van der Waals surface area contributed by atoms with Gasteiger partial charge in [0.25, 0.3) is 5.91 Å². The van der Waals surface area contributed by atoms with E-state index in [1.165, 1.54) is 12.1 Å². The molecule has 3 heterocycles. The Balaban J connectivity index is 1.49. The van der Waals surface area contributed by atoms with Crippen molar-refractivity contribution in [2.24, 2.45) is 0 Å². The molecule has 10 nitrogen and oxygen atoms in total. The average Bonchev–Trinajstić information content (AvgIpc) is 3.42. The molecule has 1 unspecified atom stereocenters. The zero-order valence-electron chi connectivity index (χ0n) is 19.4. The van der Waals surface area contributed by atoms with E-state index >= 15 is 0 Å². The SMILES string of the molecule is CCn1nc(C)cc1C(=O)Nc1nc2cc(C(=O)O)cc3c2n1C(COCc1ccccc1)CO3. The topological polar surface area (TPSA) is 120 Å². The summed E-state index contributed by atoms with van der Waals surface area (Å²) in [5.41, 5.74) is 3.30. The number of nitrogens with one attached hydrogen (secondary N) is 1. The van der Waals surface area contributed by atoms with Crippen LogP contribution in [0.25, 0.3) is 11.0 Å². The van der Waals surface area contributed by atoms with Crippen molar-refractivity contribution in [2.75, 3.05) is 18.5 Å². The third kappa shape index (κ3) is 4.35. The fourth-order valence-electron chi connectivity index (χ4n) is 4.28. The van der Waals surface area contributed by atoms with Gasteiger partial charge in [-0.2, -0.15) is 5.10 Å². The van der Waals surface area contributed by atoms with E-state index in [1.54, 1.807) is 10.7 Å². The van der Waals surface area contributed by atoms with Crippen LogP contribution in [0.1, 0.15) is 45.1 Å². The Labute approximate surface area is 201 Å². The summed E-state index contributed by atoms with van der Waals surface area (Å²) in [6.45, 7) is 5.27. The number of carbonyl (C=O) groups is 2. The molecular weight excluding hydrogens is 450 g/mol. The molecule has 180 valence electrons. The van der Waals surface area contributed by atoms with Crippen LogP contribution in [-0.4, -0.2) is 49.5 Å². The van der Waals surface area contributed by atoms with Crippen molar-refractivity contribution < 1.29 is 24.2 Å². The Morgan fingerprint density at radius 3 is 2.77 bits per heavy atom. The number of aryl methyl sites for hydroxylation is 2. The van der Waals surface area contributed by atoms with E-state index in [0.29, 0.717) is 48.2 Å².